The monoisotopic (exact) mass is 223 g/mol. The Labute approximate surface area is 92.6 Å². The highest BCUT2D eigenvalue weighted by atomic mass is 16.5. The molecule has 0 saturated heterocycles. The first kappa shape index (κ1) is 12.2. The van der Waals surface area contributed by atoms with E-state index in [9.17, 15) is 14.4 Å². The Hall–Kier alpha value is -1.91. The summed E-state index contributed by atoms with van der Waals surface area (Å²) in [4.78, 5) is 34.4. The molecule has 86 valence electrons. The number of aromatic nitrogens is 1. The van der Waals surface area contributed by atoms with E-state index in [0.717, 1.165) is 4.57 Å². The summed E-state index contributed by atoms with van der Waals surface area (Å²) in [6, 6.07) is 1.97. The standard InChI is InChI=1S/C11H13NO4/c1-7(13)10(8(2)14)12-6-4-5-9(16-3)11(12)15/h4-6,10H,1-3H3. The molecule has 1 aromatic rings. The number of Topliss-reactive ketones (excluding diaryl/α,β-unsaturated/α-hetero) is 2. The smallest absolute Gasteiger partial charge is 0.293 e. The summed E-state index contributed by atoms with van der Waals surface area (Å²) in [7, 11) is 1.36. The largest absolute Gasteiger partial charge is 0.491 e. The highest BCUT2D eigenvalue weighted by Gasteiger charge is 2.23. The molecule has 0 radical (unpaired) electrons. The van der Waals surface area contributed by atoms with Gasteiger partial charge in [0, 0.05) is 6.20 Å². The molecular weight excluding hydrogens is 210 g/mol. The molecule has 0 unspecified atom stereocenters. The van der Waals surface area contributed by atoms with Crippen LogP contribution in [-0.4, -0.2) is 23.2 Å². The number of pyridine rings is 1. The molecule has 0 spiro atoms. The second kappa shape index (κ2) is 4.74. The van der Waals surface area contributed by atoms with E-state index in [-0.39, 0.29) is 17.3 Å². The van der Waals surface area contributed by atoms with Crippen LogP contribution in [0.3, 0.4) is 0 Å². The van der Waals surface area contributed by atoms with Crippen molar-refractivity contribution >= 4 is 11.6 Å². The maximum Gasteiger partial charge on any atom is 0.293 e. The molecule has 5 heteroatoms. The Kier molecular flexibility index (Phi) is 3.60. The number of nitrogens with zero attached hydrogens (tertiary/aromatic N) is 1. The van der Waals surface area contributed by atoms with Gasteiger partial charge in [0.1, 0.15) is 0 Å². The lowest BCUT2D eigenvalue weighted by Gasteiger charge is -2.14. The Morgan fingerprint density at radius 2 is 1.88 bits per heavy atom. The third-order valence-electron chi connectivity index (χ3n) is 2.21. The Bertz CT molecular complexity index is 461. The third-order valence-corrected chi connectivity index (χ3v) is 2.21. The van der Waals surface area contributed by atoms with E-state index in [1.807, 2.05) is 0 Å². The number of carbonyl (C=O) groups is 2. The molecule has 0 amide bonds. The van der Waals surface area contributed by atoms with E-state index in [2.05, 4.69) is 0 Å². The van der Waals surface area contributed by atoms with Crippen LogP contribution in [0.4, 0.5) is 0 Å². The van der Waals surface area contributed by atoms with Crippen LogP contribution < -0.4 is 10.3 Å². The van der Waals surface area contributed by atoms with Crippen LogP contribution in [0.2, 0.25) is 0 Å². The maximum atomic E-state index is 11.8. The van der Waals surface area contributed by atoms with E-state index in [1.165, 1.54) is 33.2 Å². The van der Waals surface area contributed by atoms with Gasteiger partial charge in [-0.05, 0) is 26.0 Å². The first-order valence-corrected chi connectivity index (χ1v) is 4.75. The van der Waals surface area contributed by atoms with Crippen molar-refractivity contribution in [2.75, 3.05) is 7.11 Å². The molecule has 5 nitrogen and oxygen atoms in total. The number of rotatable bonds is 4. The van der Waals surface area contributed by atoms with Gasteiger partial charge in [0.15, 0.2) is 23.4 Å². The third kappa shape index (κ3) is 2.18. The summed E-state index contributed by atoms with van der Waals surface area (Å²) in [6.45, 7) is 2.55. The van der Waals surface area contributed by atoms with Gasteiger partial charge in [-0.2, -0.15) is 0 Å². The molecule has 1 aromatic heterocycles. The zero-order valence-corrected chi connectivity index (χ0v) is 9.39. The Balaban J connectivity index is 3.36. The van der Waals surface area contributed by atoms with Gasteiger partial charge in [-0.1, -0.05) is 0 Å². The van der Waals surface area contributed by atoms with Gasteiger partial charge >= 0.3 is 0 Å². The molecule has 0 fully saturated rings. The predicted molar refractivity (Wildman–Crippen MR) is 57.7 cm³/mol. The molecule has 0 atom stereocenters. The lowest BCUT2D eigenvalue weighted by Crippen LogP contribution is -2.33. The molecule has 0 aromatic carbocycles. The van der Waals surface area contributed by atoms with Crippen molar-refractivity contribution in [1.29, 1.82) is 0 Å². The molecule has 16 heavy (non-hydrogen) atoms. The van der Waals surface area contributed by atoms with E-state index in [0.29, 0.717) is 0 Å². The van der Waals surface area contributed by atoms with Crippen LogP contribution in [0.5, 0.6) is 5.75 Å². The minimum absolute atomic E-state index is 0.106. The maximum absolute atomic E-state index is 11.8. The molecule has 1 heterocycles. The SMILES string of the molecule is COc1cccn(C(C(C)=O)C(C)=O)c1=O. The fraction of sp³-hybridized carbons (Fsp3) is 0.364. The van der Waals surface area contributed by atoms with Crippen molar-refractivity contribution in [2.24, 2.45) is 0 Å². The molecule has 0 aliphatic carbocycles. The van der Waals surface area contributed by atoms with Crippen molar-refractivity contribution in [3.05, 3.63) is 28.7 Å². The van der Waals surface area contributed by atoms with Crippen LogP contribution >= 0.6 is 0 Å². The first-order chi connectivity index (χ1) is 7.49. The van der Waals surface area contributed by atoms with Crippen LogP contribution in [0.1, 0.15) is 19.9 Å². The number of hydrogen-bond acceptors (Lipinski definition) is 4. The van der Waals surface area contributed by atoms with Gasteiger partial charge < -0.3 is 4.74 Å². The van der Waals surface area contributed by atoms with E-state index < -0.39 is 11.6 Å². The Morgan fingerprint density at radius 3 is 2.31 bits per heavy atom. The topological polar surface area (TPSA) is 65.4 Å². The summed E-state index contributed by atoms with van der Waals surface area (Å²) in [5.74, 6) is -0.638. The van der Waals surface area contributed by atoms with Crippen molar-refractivity contribution in [2.45, 2.75) is 19.9 Å². The number of ketones is 2. The predicted octanol–water partition coefficient (Wildman–Crippen LogP) is 0.576. The van der Waals surface area contributed by atoms with E-state index in [1.54, 1.807) is 6.07 Å². The molecule has 0 N–H and O–H groups in total. The molecule has 0 bridgehead atoms. The van der Waals surface area contributed by atoms with Crippen LogP contribution in [-0.2, 0) is 9.59 Å². The van der Waals surface area contributed by atoms with Gasteiger partial charge in [-0.15, -0.1) is 0 Å². The highest BCUT2D eigenvalue weighted by molar-refractivity contribution is 6.02. The van der Waals surface area contributed by atoms with Crippen molar-refractivity contribution in [3.8, 4) is 5.75 Å². The minimum Gasteiger partial charge on any atom is -0.491 e. The van der Waals surface area contributed by atoms with Gasteiger partial charge in [-0.25, -0.2) is 0 Å². The minimum atomic E-state index is -1.07. The van der Waals surface area contributed by atoms with Crippen LogP contribution in [0, 0.1) is 0 Å². The number of ether oxygens (including phenoxy) is 1. The molecule has 1 rings (SSSR count). The summed E-state index contributed by atoms with van der Waals surface area (Å²) in [5, 5.41) is 0. The summed E-state index contributed by atoms with van der Waals surface area (Å²) in [6.07, 6.45) is 1.40. The summed E-state index contributed by atoms with van der Waals surface area (Å²) >= 11 is 0. The van der Waals surface area contributed by atoms with Gasteiger partial charge in [0.25, 0.3) is 5.56 Å². The van der Waals surface area contributed by atoms with Gasteiger partial charge in [-0.3, -0.25) is 19.0 Å². The number of methoxy groups -OCH3 is 1. The molecule has 0 aliphatic rings. The van der Waals surface area contributed by atoms with Crippen LogP contribution in [0.25, 0.3) is 0 Å². The van der Waals surface area contributed by atoms with Gasteiger partial charge in [0.05, 0.1) is 7.11 Å². The molecule has 0 saturated carbocycles. The van der Waals surface area contributed by atoms with Crippen molar-refractivity contribution < 1.29 is 14.3 Å². The average molecular weight is 223 g/mol. The second-order valence-electron chi connectivity index (χ2n) is 3.41. The number of hydrogen-bond donors (Lipinski definition) is 0. The fourth-order valence-electron chi connectivity index (χ4n) is 1.53. The van der Waals surface area contributed by atoms with Crippen LogP contribution in [0.15, 0.2) is 23.1 Å². The zero-order chi connectivity index (χ0) is 12.3. The zero-order valence-electron chi connectivity index (χ0n) is 9.39. The fourth-order valence-corrected chi connectivity index (χ4v) is 1.53. The molecule has 0 aliphatic heterocycles. The molecular formula is C11H13NO4. The Morgan fingerprint density at radius 1 is 1.31 bits per heavy atom. The van der Waals surface area contributed by atoms with Crippen molar-refractivity contribution in [1.82, 2.24) is 4.57 Å². The van der Waals surface area contributed by atoms with Gasteiger partial charge in [0.2, 0.25) is 0 Å². The second-order valence-corrected chi connectivity index (χ2v) is 3.41. The summed E-state index contributed by atoms with van der Waals surface area (Å²) < 4.78 is 5.93. The van der Waals surface area contributed by atoms with E-state index in [4.69, 9.17) is 4.74 Å². The van der Waals surface area contributed by atoms with E-state index >= 15 is 0 Å². The summed E-state index contributed by atoms with van der Waals surface area (Å²) in [5.41, 5.74) is -0.486. The quantitative estimate of drug-likeness (QED) is 0.700. The van der Waals surface area contributed by atoms with Crippen molar-refractivity contribution in [3.63, 3.8) is 0 Å². The lowest BCUT2D eigenvalue weighted by molar-refractivity contribution is -0.129. The number of carbonyl (C=O) groups excluding carboxylic acids is 2. The lowest BCUT2D eigenvalue weighted by atomic mass is 10.1. The highest BCUT2D eigenvalue weighted by Crippen LogP contribution is 2.09. The first-order valence-electron chi connectivity index (χ1n) is 4.75. The average Bonchev–Trinajstić information content (AvgIpc) is 2.20. The normalized spacial score (nSPS) is 10.2.